The lowest BCUT2D eigenvalue weighted by molar-refractivity contribution is -0.113. The van der Waals surface area contributed by atoms with E-state index < -0.39 is 17.5 Å². The molecule has 2 aromatic carbocycles. The van der Waals surface area contributed by atoms with E-state index in [9.17, 15) is 18.4 Å². The highest BCUT2D eigenvalue weighted by Gasteiger charge is 2.13. The summed E-state index contributed by atoms with van der Waals surface area (Å²) >= 11 is 0.985. The molecule has 2 heterocycles. The molecule has 0 aliphatic heterocycles. The van der Waals surface area contributed by atoms with Gasteiger partial charge in [0.1, 0.15) is 17.0 Å². The Hall–Kier alpha value is -3.53. The second-order valence-electron chi connectivity index (χ2n) is 6.00. The van der Waals surface area contributed by atoms with E-state index in [0.29, 0.717) is 17.1 Å². The maximum Gasteiger partial charge on any atom is 0.262 e. The molecule has 0 aliphatic rings. The number of amides is 1. The van der Waals surface area contributed by atoms with Crippen LogP contribution in [0.15, 0.2) is 64.7 Å². The van der Waals surface area contributed by atoms with Crippen molar-refractivity contribution >= 4 is 34.4 Å². The van der Waals surface area contributed by atoms with Gasteiger partial charge in [-0.3, -0.25) is 9.59 Å². The number of hydrogen-bond acceptors (Lipinski definition) is 5. The summed E-state index contributed by atoms with van der Waals surface area (Å²) in [5, 5.41) is 7.15. The quantitative estimate of drug-likeness (QED) is 0.387. The van der Waals surface area contributed by atoms with E-state index in [-0.39, 0.29) is 22.2 Å². The first-order chi connectivity index (χ1) is 14.0. The van der Waals surface area contributed by atoms with Crippen molar-refractivity contribution in [2.24, 2.45) is 0 Å². The van der Waals surface area contributed by atoms with E-state index in [0.717, 1.165) is 29.6 Å². The number of aromatic amines is 1. The van der Waals surface area contributed by atoms with Crippen molar-refractivity contribution in [3.05, 3.63) is 76.7 Å². The highest BCUT2D eigenvalue weighted by molar-refractivity contribution is 7.99. The van der Waals surface area contributed by atoms with Gasteiger partial charge in [-0.15, -0.1) is 0 Å². The average Bonchev–Trinajstić information content (AvgIpc) is 3.11. The van der Waals surface area contributed by atoms with E-state index in [4.69, 9.17) is 0 Å². The summed E-state index contributed by atoms with van der Waals surface area (Å²) < 4.78 is 28.0. The van der Waals surface area contributed by atoms with Crippen LogP contribution >= 0.6 is 11.8 Å². The molecule has 0 unspecified atom stereocenters. The van der Waals surface area contributed by atoms with Crippen LogP contribution in [0.1, 0.15) is 0 Å². The van der Waals surface area contributed by atoms with Crippen LogP contribution in [0.5, 0.6) is 0 Å². The number of halogens is 2. The summed E-state index contributed by atoms with van der Waals surface area (Å²) in [6.07, 6.45) is 1.42. The van der Waals surface area contributed by atoms with Crippen LogP contribution in [0.4, 0.5) is 14.5 Å². The third kappa shape index (κ3) is 4.16. The Morgan fingerprint density at radius 2 is 1.86 bits per heavy atom. The molecule has 4 aromatic rings. The summed E-state index contributed by atoms with van der Waals surface area (Å²) in [6, 6.07) is 11.9. The molecule has 1 amide bonds. The molecule has 0 saturated heterocycles. The first kappa shape index (κ1) is 18.8. The van der Waals surface area contributed by atoms with Gasteiger partial charge >= 0.3 is 0 Å². The molecular weight excluding hydrogens is 400 g/mol. The third-order valence-electron chi connectivity index (χ3n) is 3.90. The molecule has 0 radical (unpaired) electrons. The Labute approximate surface area is 166 Å². The fraction of sp³-hybridized carbons (Fsp3) is 0.0526. The molecule has 2 N–H and O–H groups in total. The van der Waals surface area contributed by atoms with Gasteiger partial charge in [0, 0.05) is 11.8 Å². The van der Waals surface area contributed by atoms with Crippen molar-refractivity contribution in [2.75, 3.05) is 11.1 Å². The van der Waals surface area contributed by atoms with Gasteiger partial charge in [0.2, 0.25) is 5.91 Å². The summed E-state index contributed by atoms with van der Waals surface area (Å²) in [4.78, 5) is 31.4. The highest BCUT2D eigenvalue weighted by Crippen LogP contribution is 2.18. The van der Waals surface area contributed by atoms with Crippen molar-refractivity contribution in [3.63, 3.8) is 0 Å². The molecule has 0 spiro atoms. The van der Waals surface area contributed by atoms with Crippen LogP contribution in [0, 0.1) is 11.6 Å². The zero-order chi connectivity index (χ0) is 20.4. The molecule has 4 rings (SSSR count). The van der Waals surface area contributed by atoms with Crippen LogP contribution in [-0.2, 0) is 4.79 Å². The normalized spacial score (nSPS) is 11.0. The van der Waals surface area contributed by atoms with Crippen molar-refractivity contribution < 1.29 is 13.6 Å². The number of anilines is 1. The number of H-pyrrole nitrogens is 1. The number of aromatic nitrogens is 4. The second kappa shape index (κ2) is 7.84. The number of carbonyl (C=O) groups excluding carboxylic acids is 1. The largest absolute Gasteiger partial charge is 0.325 e. The Morgan fingerprint density at radius 3 is 2.59 bits per heavy atom. The van der Waals surface area contributed by atoms with E-state index in [2.05, 4.69) is 20.4 Å². The summed E-state index contributed by atoms with van der Waals surface area (Å²) in [6.45, 7) is 0. The molecule has 0 aliphatic carbocycles. The predicted octanol–water partition coefficient (Wildman–Crippen LogP) is 3.12. The van der Waals surface area contributed by atoms with Crippen LogP contribution in [0.3, 0.4) is 0 Å². The van der Waals surface area contributed by atoms with Crippen LogP contribution in [0.25, 0.3) is 16.7 Å². The SMILES string of the molecule is O=C(CSc1nc2c(cnn2-c2ccccc2)c(=O)[nH]1)Nc1cc(F)cc(F)c1. The number of fused-ring (bicyclic) bond motifs is 1. The zero-order valence-electron chi connectivity index (χ0n) is 14.7. The van der Waals surface area contributed by atoms with Crippen LogP contribution < -0.4 is 10.9 Å². The maximum absolute atomic E-state index is 13.2. The Kier molecular flexibility index (Phi) is 5.09. The van der Waals surface area contributed by atoms with Crippen molar-refractivity contribution in [2.45, 2.75) is 5.16 Å². The average molecular weight is 413 g/mol. The smallest absolute Gasteiger partial charge is 0.262 e. The van der Waals surface area contributed by atoms with Crippen LogP contribution in [0.2, 0.25) is 0 Å². The van der Waals surface area contributed by atoms with Gasteiger partial charge in [0.15, 0.2) is 10.8 Å². The first-order valence-electron chi connectivity index (χ1n) is 8.42. The van der Waals surface area contributed by atoms with Gasteiger partial charge < -0.3 is 10.3 Å². The monoisotopic (exact) mass is 413 g/mol. The lowest BCUT2D eigenvalue weighted by Crippen LogP contribution is -2.16. The molecule has 0 bridgehead atoms. The topological polar surface area (TPSA) is 92.7 Å². The molecule has 2 aromatic heterocycles. The van der Waals surface area contributed by atoms with Gasteiger partial charge in [0.05, 0.1) is 17.6 Å². The number of para-hydroxylation sites is 1. The number of thioether (sulfide) groups is 1. The van der Waals surface area contributed by atoms with Gasteiger partial charge in [-0.05, 0) is 24.3 Å². The number of nitrogens with one attached hydrogen (secondary N) is 2. The molecule has 0 fully saturated rings. The minimum absolute atomic E-state index is 0.00663. The van der Waals surface area contributed by atoms with Crippen molar-refractivity contribution in [1.82, 2.24) is 19.7 Å². The van der Waals surface area contributed by atoms with Crippen molar-refractivity contribution in [3.8, 4) is 5.69 Å². The number of carbonyl (C=O) groups is 1. The fourth-order valence-corrected chi connectivity index (χ4v) is 3.34. The highest BCUT2D eigenvalue weighted by atomic mass is 32.2. The van der Waals surface area contributed by atoms with Crippen LogP contribution in [-0.4, -0.2) is 31.4 Å². The van der Waals surface area contributed by atoms with Gasteiger partial charge in [-0.25, -0.2) is 18.4 Å². The summed E-state index contributed by atoms with van der Waals surface area (Å²) in [5.41, 5.74) is 0.719. The Morgan fingerprint density at radius 1 is 1.14 bits per heavy atom. The predicted molar refractivity (Wildman–Crippen MR) is 105 cm³/mol. The number of rotatable bonds is 5. The van der Waals surface area contributed by atoms with E-state index in [1.807, 2.05) is 30.3 Å². The van der Waals surface area contributed by atoms with Gasteiger partial charge in [0.25, 0.3) is 5.56 Å². The molecule has 0 saturated carbocycles. The number of hydrogen-bond donors (Lipinski definition) is 2. The van der Waals surface area contributed by atoms with Crippen molar-refractivity contribution in [1.29, 1.82) is 0 Å². The molecular formula is C19H13F2N5O2S. The lowest BCUT2D eigenvalue weighted by atomic mass is 10.3. The molecule has 0 atom stereocenters. The van der Waals surface area contributed by atoms with Gasteiger partial charge in [-0.2, -0.15) is 5.10 Å². The van der Waals surface area contributed by atoms with E-state index in [1.165, 1.54) is 10.9 Å². The standard InChI is InChI=1S/C19H13F2N5O2S/c20-11-6-12(21)8-13(7-11)23-16(27)10-29-19-24-17-15(18(28)25-19)9-22-26(17)14-4-2-1-3-5-14/h1-9H,10H2,(H,23,27)(H,24,25,28). The minimum atomic E-state index is -0.793. The fourth-order valence-electron chi connectivity index (χ4n) is 2.68. The number of nitrogens with zero attached hydrogens (tertiary/aromatic N) is 3. The van der Waals surface area contributed by atoms with E-state index in [1.54, 1.807) is 0 Å². The van der Waals surface area contributed by atoms with Gasteiger partial charge in [-0.1, -0.05) is 30.0 Å². The first-order valence-corrected chi connectivity index (χ1v) is 9.40. The summed E-state index contributed by atoms with van der Waals surface area (Å²) in [7, 11) is 0. The van der Waals surface area contributed by atoms with E-state index >= 15 is 0 Å². The third-order valence-corrected chi connectivity index (χ3v) is 4.78. The molecule has 7 nitrogen and oxygen atoms in total. The second-order valence-corrected chi connectivity index (χ2v) is 6.96. The minimum Gasteiger partial charge on any atom is -0.325 e. The summed E-state index contributed by atoms with van der Waals surface area (Å²) in [5.74, 6) is -2.21. The molecule has 10 heteroatoms. The molecule has 29 heavy (non-hydrogen) atoms. The lowest BCUT2D eigenvalue weighted by Gasteiger charge is -2.06. The Bertz CT molecular complexity index is 1240. The zero-order valence-corrected chi connectivity index (χ0v) is 15.5. The molecule has 146 valence electrons. The maximum atomic E-state index is 13.2. The number of benzene rings is 2. The Balaban J connectivity index is 1.53.